The molecular formula is C24H61N10O11P3. The normalized spacial score (nSPS) is 18.4. The van der Waals surface area contributed by atoms with Crippen LogP contribution >= 0.6 is 22.5 Å². The first-order valence-electron chi connectivity index (χ1n) is 16.1. The number of hydrogen-bond donors (Lipinski definition) is 12. The quantitative estimate of drug-likeness (QED) is 0.0230. The second-order valence-electron chi connectivity index (χ2n) is 9.60. The number of ether oxygens (including phenoxy) is 6. The third-order valence-corrected chi connectivity index (χ3v) is 15.9. The molecule has 1 aliphatic heterocycles. The van der Waals surface area contributed by atoms with Crippen molar-refractivity contribution in [3.05, 3.63) is 0 Å². The summed E-state index contributed by atoms with van der Waals surface area (Å²) in [5.41, 5.74) is 5.61. The Bertz CT molecular complexity index is 762. The van der Waals surface area contributed by atoms with Crippen LogP contribution in [0.2, 0.25) is 0 Å². The van der Waals surface area contributed by atoms with Gasteiger partial charge in [-0.25, -0.2) is 0 Å². The van der Waals surface area contributed by atoms with E-state index in [9.17, 15) is 25.5 Å². The van der Waals surface area contributed by atoms with Crippen LogP contribution in [0.25, 0.3) is 0 Å². The minimum atomic E-state index is -3.06. The van der Waals surface area contributed by atoms with Crippen LogP contribution in [0.15, 0.2) is 13.5 Å². The van der Waals surface area contributed by atoms with Gasteiger partial charge in [-0.15, -0.1) is 0 Å². The SMILES string of the molecule is NCCOCCNP1(NCCOCCO)=NP(NCCOCCO)(NCCOCCO)=NP(NCCOCCO)(NCCOCCO)=N1. The predicted octanol–water partition coefficient (Wildman–Crippen LogP) is -2.60. The molecule has 1 heterocycles. The van der Waals surface area contributed by atoms with Gasteiger partial charge in [0.25, 0.3) is 0 Å². The molecule has 0 aromatic heterocycles. The molecule has 13 N–H and O–H groups in total. The Morgan fingerprint density at radius 1 is 0.354 bits per heavy atom. The molecule has 0 fully saturated rings. The van der Waals surface area contributed by atoms with Gasteiger partial charge >= 0.3 is 0 Å². The summed E-state index contributed by atoms with van der Waals surface area (Å²) in [5.74, 6) is 0. The average Bonchev–Trinajstić information content (AvgIpc) is 3.08. The molecule has 0 spiro atoms. The zero-order chi connectivity index (χ0) is 35.1. The third-order valence-electron chi connectivity index (χ3n) is 5.69. The molecule has 0 saturated carbocycles. The Kier molecular flexibility index (Phi) is 29.3. The van der Waals surface area contributed by atoms with Gasteiger partial charge in [0, 0.05) is 45.8 Å². The van der Waals surface area contributed by atoms with Gasteiger partial charge in [0.1, 0.15) is 0 Å². The van der Waals surface area contributed by atoms with Crippen LogP contribution < -0.4 is 36.3 Å². The van der Waals surface area contributed by atoms with E-state index in [1.54, 1.807) is 0 Å². The zero-order valence-electron chi connectivity index (χ0n) is 27.9. The molecule has 0 aliphatic carbocycles. The largest absolute Gasteiger partial charge is 0.394 e. The molecule has 1 rings (SSSR count). The van der Waals surface area contributed by atoms with Crippen LogP contribution in [0.4, 0.5) is 0 Å². The Labute approximate surface area is 284 Å². The fourth-order valence-electron chi connectivity index (χ4n) is 3.82. The summed E-state index contributed by atoms with van der Waals surface area (Å²) in [6, 6.07) is 0. The Hall–Kier alpha value is -0.0300. The molecule has 21 nitrogen and oxygen atoms in total. The van der Waals surface area contributed by atoms with Gasteiger partial charge in [-0.3, -0.25) is 30.5 Å². The molecule has 1 aliphatic rings. The number of nitrogens with zero attached hydrogens (tertiary/aromatic N) is 3. The molecular weight excluding hydrogens is 697 g/mol. The van der Waals surface area contributed by atoms with E-state index in [-0.39, 0.29) is 99.1 Å². The van der Waals surface area contributed by atoms with Crippen LogP contribution in [-0.4, -0.2) is 184 Å². The molecule has 288 valence electrons. The summed E-state index contributed by atoms with van der Waals surface area (Å²) in [6.45, 7) is 4.91. The first-order chi connectivity index (χ1) is 23.5. The lowest BCUT2D eigenvalue weighted by atomic mass is 10.7. The van der Waals surface area contributed by atoms with Crippen molar-refractivity contribution < 1.29 is 54.0 Å². The van der Waals surface area contributed by atoms with Crippen molar-refractivity contribution >= 4 is 22.5 Å². The van der Waals surface area contributed by atoms with E-state index in [1.165, 1.54) is 0 Å². The maximum atomic E-state index is 9.19. The molecule has 0 radical (unpaired) electrons. The minimum Gasteiger partial charge on any atom is -0.394 e. The smallest absolute Gasteiger partial charge is 0.216 e. The van der Waals surface area contributed by atoms with Crippen molar-refractivity contribution in [1.29, 1.82) is 0 Å². The van der Waals surface area contributed by atoms with E-state index in [2.05, 4.69) is 30.5 Å². The molecule has 0 bridgehead atoms. The molecule has 1 atom stereocenters. The van der Waals surface area contributed by atoms with Gasteiger partial charge in [0.05, 0.1) is 112 Å². The van der Waals surface area contributed by atoms with Crippen molar-refractivity contribution in [3.63, 3.8) is 0 Å². The molecule has 1 unspecified atom stereocenters. The number of hydrogen-bond acceptors (Lipinski definition) is 21. The van der Waals surface area contributed by atoms with E-state index in [4.69, 9.17) is 47.7 Å². The predicted molar refractivity (Wildman–Crippen MR) is 185 cm³/mol. The zero-order valence-corrected chi connectivity index (χ0v) is 30.6. The van der Waals surface area contributed by atoms with E-state index in [0.29, 0.717) is 59.0 Å². The van der Waals surface area contributed by atoms with E-state index < -0.39 is 22.5 Å². The molecule has 0 aromatic rings. The van der Waals surface area contributed by atoms with Crippen LogP contribution in [0.3, 0.4) is 0 Å². The highest BCUT2D eigenvalue weighted by molar-refractivity contribution is 7.83. The number of rotatable bonds is 36. The Balaban J connectivity index is 3.72. The van der Waals surface area contributed by atoms with E-state index >= 15 is 0 Å². The fraction of sp³-hybridized carbons (Fsp3) is 1.00. The first kappa shape index (κ1) is 46.0. The fourth-order valence-corrected chi connectivity index (χ4v) is 15.5. The lowest BCUT2D eigenvalue weighted by Gasteiger charge is -2.38. The summed E-state index contributed by atoms with van der Waals surface area (Å²) in [6.07, 6.45) is 0. The lowest BCUT2D eigenvalue weighted by Crippen LogP contribution is -2.35. The maximum Gasteiger partial charge on any atom is 0.216 e. The summed E-state index contributed by atoms with van der Waals surface area (Å²) >= 11 is 0. The second-order valence-corrected chi connectivity index (χ2v) is 17.3. The standard InChI is InChI=1S/C24H61N10O11P3/c25-1-13-40-14-2-26-46(27-3-15-41-20-8-35)32-47(28-4-16-42-21-9-36,29-5-17-43-22-10-37)34-48(33-46,30-6-18-44-23-11-38)31-7-19-45-24-12-39/h26-31,35-39H,1-25H2. The highest BCUT2D eigenvalue weighted by Gasteiger charge is 2.37. The first-order valence-corrected chi connectivity index (χ1v) is 21.2. The van der Waals surface area contributed by atoms with Crippen molar-refractivity contribution in [2.75, 3.05) is 158 Å². The van der Waals surface area contributed by atoms with Crippen molar-refractivity contribution in [2.24, 2.45) is 19.3 Å². The average molecular weight is 759 g/mol. The summed E-state index contributed by atoms with van der Waals surface area (Å²) < 4.78 is 49.2. The Morgan fingerprint density at radius 3 is 0.750 bits per heavy atom. The molecule has 48 heavy (non-hydrogen) atoms. The van der Waals surface area contributed by atoms with E-state index in [0.717, 1.165) is 0 Å². The summed E-state index contributed by atoms with van der Waals surface area (Å²) in [4.78, 5) is 0. The highest BCUT2D eigenvalue weighted by Crippen LogP contribution is 2.70. The second kappa shape index (κ2) is 30.6. The topological polar surface area (TPSA) is 292 Å². The Morgan fingerprint density at radius 2 is 0.562 bits per heavy atom. The van der Waals surface area contributed by atoms with Gasteiger partial charge in [-0.05, 0) is 0 Å². The number of aliphatic hydroxyl groups is 5. The number of nitrogens with one attached hydrogen (secondary N) is 6. The summed E-state index contributed by atoms with van der Waals surface area (Å²) in [5, 5.41) is 66.9. The number of nitrogens with two attached hydrogens (primary N) is 1. The van der Waals surface area contributed by atoms with Crippen molar-refractivity contribution in [2.45, 2.75) is 0 Å². The monoisotopic (exact) mass is 758 g/mol. The van der Waals surface area contributed by atoms with Gasteiger partial charge < -0.3 is 59.7 Å². The van der Waals surface area contributed by atoms with Crippen LogP contribution in [0, 0.1) is 0 Å². The van der Waals surface area contributed by atoms with Gasteiger partial charge in [-0.1, -0.05) is 0 Å². The molecule has 24 heteroatoms. The van der Waals surface area contributed by atoms with Gasteiger partial charge in [0.2, 0.25) is 22.5 Å². The van der Waals surface area contributed by atoms with E-state index in [1.807, 2.05) is 0 Å². The minimum absolute atomic E-state index is 0.108. The molecule has 0 aromatic carbocycles. The summed E-state index contributed by atoms with van der Waals surface area (Å²) in [7, 11) is -9.17. The van der Waals surface area contributed by atoms with Crippen LogP contribution in [0.5, 0.6) is 0 Å². The van der Waals surface area contributed by atoms with Gasteiger partial charge in [0.15, 0.2) is 0 Å². The van der Waals surface area contributed by atoms with Crippen molar-refractivity contribution in [3.8, 4) is 0 Å². The van der Waals surface area contributed by atoms with Crippen LogP contribution in [0.1, 0.15) is 0 Å². The molecule has 0 amide bonds. The van der Waals surface area contributed by atoms with Gasteiger partial charge in [-0.2, -0.15) is 13.5 Å². The highest BCUT2D eigenvalue weighted by atomic mass is 31.3. The molecule has 0 saturated heterocycles. The van der Waals surface area contributed by atoms with Crippen LogP contribution in [-0.2, 0) is 28.4 Å². The maximum absolute atomic E-state index is 9.19. The third kappa shape index (κ3) is 21.4. The number of aliphatic hydroxyl groups excluding tert-OH is 5. The van der Waals surface area contributed by atoms with Crippen molar-refractivity contribution in [1.82, 2.24) is 30.5 Å². The lowest BCUT2D eigenvalue weighted by molar-refractivity contribution is 0.0950.